The summed E-state index contributed by atoms with van der Waals surface area (Å²) >= 11 is 1.40. The van der Waals surface area contributed by atoms with Crippen molar-refractivity contribution in [2.24, 2.45) is 11.7 Å². The number of nitrogens with two attached hydrogens (primary N) is 1. The number of sulfonamides is 1. The van der Waals surface area contributed by atoms with Gasteiger partial charge in [-0.1, -0.05) is 37.3 Å². The molecule has 1 unspecified atom stereocenters. The van der Waals surface area contributed by atoms with Crippen molar-refractivity contribution >= 4 is 38.2 Å². The topological polar surface area (TPSA) is 110 Å². The van der Waals surface area contributed by atoms with Crippen LogP contribution < -0.4 is 11.1 Å². The van der Waals surface area contributed by atoms with E-state index in [1.165, 1.54) is 39.9 Å². The second-order valence-corrected chi connectivity index (χ2v) is 12.5. The monoisotopic (exact) mass is 525 g/mol. The maximum absolute atomic E-state index is 13.4. The first-order valence-electron chi connectivity index (χ1n) is 12.0. The van der Waals surface area contributed by atoms with Gasteiger partial charge in [0, 0.05) is 23.0 Å². The average Bonchev–Trinajstić information content (AvgIpc) is 3.20. The van der Waals surface area contributed by atoms with Gasteiger partial charge in [-0.25, -0.2) is 8.42 Å². The predicted octanol–water partition coefficient (Wildman–Crippen LogP) is 4.82. The van der Waals surface area contributed by atoms with E-state index in [4.69, 9.17) is 5.73 Å². The van der Waals surface area contributed by atoms with Crippen molar-refractivity contribution < 1.29 is 18.0 Å². The van der Waals surface area contributed by atoms with Crippen LogP contribution in [0.5, 0.6) is 0 Å². The highest BCUT2D eigenvalue weighted by Gasteiger charge is 2.29. The van der Waals surface area contributed by atoms with Crippen molar-refractivity contribution in [3.63, 3.8) is 0 Å². The average molecular weight is 526 g/mol. The third kappa shape index (κ3) is 5.38. The number of anilines is 1. The molecule has 1 aliphatic carbocycles. The molecule has 1 heterocycles. The molecule has 0 fully saturated rings. The third-order valence-electron chi connectivity index (χ3n) is 6.47. The Labute approximate surface area is 216 Å². The lowest BCUT2D eigenvalue weighted by molar-refractivity contribution is 0.1000. The van der Waals surface area contributed by atoms with Gasteiger partial charge in [0.05, 0.1) is 10.5 Å². The summed E-state index contributed by atoms with van der Waals surface area (Å²) in [7, 11) is -3.78. The van der Waals surface area contributed by atoms with Gasteiger partial charge < -0.3 is 11.1 Å². The van der Waals surface area contributed by atoms with Crippen LogP contribution in [0.25, 0.3) is 0 Å². The molecule has 1 aromatic heterocycles. The number of amides is 2. The van der Waals surface area contributed by atoms with Crippen LogP contribution in [0.15, 0.2) is 59.5 Å². The molecule has 3 N–H and O–H groups in total. The molecule has 0 radical (unpaired) electrons. The van der Waals surface area contributed by atoms with Crippen LogP contribution in [-0.4, -0.2) is 30.6 Å². The van der Waals surface area contributed by atoms with Crippen LogP contribution in [0.2, 0.25) is 0 Å². The number of benzene rings is 2. The van der Waals surface area contributed by atoms with Crippen molar-refractivity contribution in [1.82, 2.24) is 4.31 Å². The van der Waals surface area contributed by atoms with Crippen LogP contribution in [0.1, 0.15) is 63.9 Å². The number of hydrogen-bond acceptors (Lipinski definition) is 5. The Bertz CT molecular complexity index is 1360. The third-order valence-corrected chi connectivity index (χ3v) is 9.67. The van der Waals surface area contributed by atoms with Gasteiger partial charge in [0.15, 0.2) is 0 Å². The van der Waals surface area contributed by atoms with E-state index >= 15 is 0 Å². The predicted molar refractivity (Wildman–Crippen MR) is 143 cm³/mol. The number of rotatable bonds is 8. The van der Waals surface area contributed by atoms with Crippen LogP contribution in [-0.2, 0) is 29.4 Å². The highest BCUT2D eigenvalue weighted by Crippen LogP contribution is 2.39. The highest BCUT2D eigenvalue weighted by atomic mass is 32.2. The van der Waals surface area contributed by atoms with E-state index in [1.807, 2.05) is 44.2 Å². The summed E-state index contributed by atoms with van der Waals surface area (Å²) in [5.41, 5.74) is 8.17. The van der Waals surface area contributed by atoms with Crippen molar-refractivity contribution in [2.45, 2.75) is 57.5 Å². The van der Waals surface area contributed by atoms with Gasteiger partial charge in [-0.3, -0.25) is 9.59 Å². The molecule has 1 aliphatic rings. The molecule has 0 aliphatic heterocycles. The number of thiophene rings is 1. The zero-order chi connectivity index (χ0) is 26.0. The van der Waals surface area contributed by atoms with E-state index in [-0.39, 0.29) is 17.5 Å². The smallest absolute Gasteiger partial charge is 0.256 e. The van der Waals surface area contributed by atoms with Gasteiger partial charge in [-0.05, 0) is 74.4 Å². The maximum Gasteiger partial charge on any atom is 0.256 e. The fraction of sp³-hybridized carbons (Fsp3) is 0.333. The Kier molecular flexibility index (Phi) is 7.63. The Hall–Kier alpha value is -3.01. The van der Waals surface area contributed by atoms with Crippen LogP contribution in [0, 0.1) is 5.92 Å². The summed E-state index contributed by atoms with van der Waals surface area (Å²) in [5.74, 6) is -0.453. The number of nitrogens with zero attached hydrogens (tertiary/aromatic N) is 1. The number of carbonyl (C=O) groups is 2. The van der Waals surface area contributed by atoms with Gasteiger partial charge >= 0.3 is 0 Å². The first-order chi connectivity index (χ1) is 17.1. The Morgan fingerprint density at radius 2 is 1.78 bits per heavy atom. The van der Waals surface area contributed by atoms with Gasteiger partial charge in [0.1, 0.15) is 5.00 Å². The summed E-state index contributed by atoms with van der Waals surface area (Å²) in [6.45, 7) is 6.08. The molecule has 0 saturated carbocycles. The fourth-order valence-corrected chi connectivity index (χ4v) is 7.53. The lowest BCUT2D eigenvalue weighted by Crippen LogP contribution is -2.36. The molecular weight excluding hydrogens is 494 g/mol. The zero-order valence-electron chi connectivity index (χ0n) is 20.7. The van der Waals surface area contributed by atoms with Crippen molar-refractivity contribution in [1.29, 1.82) is 0 Å². The van der Waals surface area contributed by atoms with Gasteiger partial charge in [0.2, 0.25) is 10.0 Å². The van der Waals surface area contributed by atoms with E-state index < -0.39 is 21.8 Å². The number of fused-ring (bicyclic) bond motifs is 1. The summed E-state index contributed by atoms with van der Waals surface area (Å²) in [6, 6.07) is 15.0. The number of primary amides is 1. The first-order valence-corrected chi connectivity index (χ1v) is 14.2. The molecule has 0 bridgehead atoms. The molecule has 0 spiro atoms. The van der Waals surface area contributed by atoms with Gasteiger partial charge in [-0.2, -0.15) is 4.31 Å². The number of nitrogens with one attached hydrogen (secondary N) is 1. The lowest BCUT2D eigenvalue weighted by Gasteiger charge is -2.26. The molecule has 4 rings (SSSR count). The minimum Gasteiger partial charge on any atom is -0.365 e. The normalized spacial score (nSPS) is 15.6. The number of hydrogen-bond donors (Lipinski definition) is 2. The summed E-state index contributed by atoms with van der Waals surface area (Å²) < 4.78 is 28.2. The molecule has 0 saturated heterocycles. The molecule has 7 nitrogen and oxygen atoms in total. The molecule has 3 aromatic rings. The van der Waals surface area contributed by atoms with Crippen molar-refractivity contribution in [3.8, 4) is 0 Å². The fourth-order valence-electron chi connectivity index (χ4n) is 4.50. The molecule has 2 aromatic carbocycles. The minimum atomic E-state index is -3.78. The SMILES string of the molecule is CC1CCc2c(sc(NC(=O)c3ccc(S(=O)(=O)N(Cc4ccccc4)C(C)C)cc3)c2C(N)=O)C1. The molecule has 2 amide bonds. The minimum absolute atomic E-state index is 0.113. The van der Waals surface area contributed by atoms with Crippen molar-refractivity contribution in [3.05, 3.63) is 81.7 Å². The summed E-state index contributed by atoms with van der Waals surface area (Å²) in [5, 5.41) is 3.29. The van der Waals surface area contributed by atoms with Crippen molar-refractivity contribution in [2.75, 3.05) is 5.32 Å². The van der Waals surface area contributed by atoms with E-state index in [1.54, 1.807) is 0 Å². The molecule has 9 heteroatoms. The highest BCUT2D eigenvalue weighted by molar-refractivity contribution is 7.89. The van der Waals surface area contributed by atoms with Gasteiger partial charge in [0.25, 0.3) is 11.8 Å². The standard InChI is InChI=1S/C27H31N3O4S2/c1-17(2)30(16-19-7-5-4-6-8-19)36(33,34)21-12-10-20(11-13-21)26(32)29-27-24(25(28)31)22-14-9-18(3)15-23(22)35-27/h4-8,10-13,17-18H,9,14-16H2,1-3H3,(H2,28,31)(H,29,32). The maximum atomic E-state index is 13.4. The van der Waals surface area contributed by atoms with Crippen LogP contribution in [0.3, 0.4) is 0 Å². The van der Waals surface area contributed by atoms with E-state index in [0.29, 0.717) is 22.0 Å². The van der Waals surface area contributed by atoms with Gasteiger partial charge in [-0.15, -0.1) is 11.3 Å². The molecule has 190 valence electrons. The number of carbonyl (C=O) groups excluding carboxylic acids is 2. The van der Waals surface area contributed by atoms with E-state index in [9.17, 15) is 18.0 Å². The van der Waals surface area contributed by atoms with E-state index in [2.05, 4.69) is 12.2 Å². The Morgan fingerprint density at radius 3 is 2.39 bits per heavy atom. The largest absolute Gasteiger partial charge is 0.365 e. The lowest BCUT2D eigenvalue weighted by atomic mass is 9.88. The second-order valence-electron chi connectivity index (χ2n) is 9.53. The van der Waals surface area contributed by atoms with Crippen LogP contribution >= 0.6 is 11.3 Å². The summed E-state index contributed by atoms with van der Waals surface area (Å²) in [6.07, 6.45) is 2.60. The molecular formula is C27H31N3O4S2. The molecule has 1 atom stereocenters. The first kappa shape index (κ1) is 26.1. The van der Waals surface area contributed by atoms with E-state index in [0.717, 1.165) is 35.3 Å². The summed E-state index contributed by atoms with van der Waals surface area (Å²) in [4.78, 5) is 26.4. The quantitative estimate of drug-likeness (QED) is 0.439. The second kappa shape index (κ2) is 10.5. The Morgan fingerprint density at radius 1 is 1.11 bits per heavy atom. The Balaban J connectivity index is 1.55. The molecule has 36 heavy (non-hydrogen) atoms. The zero-order valence-corrected chi connectivity index (χ0v) is 22.3. The van der Waals surface area contributed by atoms with Crippen LogP contribution in [0.4, 0.5) is 5.00 Å².